The lowest BCUT2D eigenvalue weighted by Crippen LogP contribution is -2.65. The number of ketones is 2. The number of hydrogen-bond donors (Lipinski definition) is 2. The van der Waals surface area contributed by atoms with Crippen molar-refractivity contribution in [2.45, 2.75) is 119 Å². The minimum atomic E-state index is -6.80. The molecule has 1 unspecified atom stereocenters. The zero-order chi connectivity index (χ0) is 87.2. The first-order chi connectivity index (χ1) is 51.4. The molecule has 0 aliphatic rings. The zero-order valence-electron chi connectivity index (χ0n) is 59.3. The lowest BCUT2D eigenvalue weighted by molar-refractivity contribution is -0.481. The first kappa shape index (κ1) is 105. The number of carbonyl (C=O) groups excluding carboxylic acids is 8. The highest BCUT2D eigenvalue weighted by Crippen LogP contribution is 2.55. The van der Waals surface area contributed by atoms with Gasteiger partial charge in [-0.3, -0.25) is 19.1 Å². The molecule has 23 nitrogen and oxygen atoms in total. The molecule has 0 saturated carbocycles. The van der Waals surface area contributed by atoms with Crippen LogP contribution in [0.25, 0.3) is 0 Å². The first-order valence-corrected chi connectivity index (χ1v) is 31.0. The van der Waals surface area contributed by atoms with Crippen LogP contribution in [0.5, 0.6) is 0 Å². The minimum absolute atomic E-state index is 0.253. The highest BCUT2D eigenvalue weighted by molar-refractivity contribution is 6.02. The van der Waals surface area contributed by atoms with E-state index in [4.69, 9.17) is 18.3 Å². The van der Waals surface area contributed by atoms with Crippen molar-refractivity contribution in [1.82, 2.24) is 0 Å². The van der Waals surface area contributed by atoms with Gasteiger partial charge in [0.05, 0.1) is 72.1 Å². The molecule has 2 aromatic rings. The third-order valence-corrected chi connectivity index (χ3v) is 13.5. The maximum atomic E-state index is 17.3. The number of hydrogen-bond acceptors (Lipinski definition) is 23. The Hall–Kier alpha value is -8.86. The summed E-state index contributed by atoms with van der Waals surface area (Å²) in [5.41, 5.74) is -10.6. The number of alkyl halides is 18. The molecule has 45 heteroatoms. The van der Waals surface area contributed by atoms with Gasteiger partial charge < -0.3 is 62.3 Å². The van der Waals surface area contributed by atoms with Gasteiger partial charge >= 0.3 is 90.2 Å². The number of benzene rings is 2. The van der Waals surface area contributed by atoms with Gasteiger partial charge in [-0.2, -0.15) is 52.7 Å². The molecule has 2 aromatic carbocycles. The van der Waals surface area contributed by atoms with E-state index in [0.29, 0.717) is 35.8 Å². The Morgan fingerprint density at radius 2 is 0.607 bits per heavy atom. The van der Waals surface area contributed by atoms with E-state index in [1.165, 1.54) is 27.7 Å². The molecule has 0 fully saturated rings. The van der Waals surface area contributed by atoms with E-state index >= 15 is 52.7 Å². The predicted molar refractivity (Wildman–Crippen MR) is 338 cm³/mol. The molecule has 2 rings (SSSR count). The van der Waals surface area contributed by atoms with E-state index in [1.807, 2.05) is 24.3 Å². The van der Waals surface area contributed by atoms with Crippen molar-refractivity contribution in [3.63, 3.8) is 0 Å². The van der Waals surface area contributed by atoms with Gasteiger partial charge in [-0.05, 0) is 45.2 Å². The summed E-state index contributed by atoms with van der Waals surface area (Å²) in [5, 5.41) is 19.6. The molecule has 0 saturated heterocycles. The Morgan fingerprint density at radius 3 is 0.902 bits per heavy atom. The number of rotatable bonds is 52. The third-order valence-electron chi connectivity index (χ3n) is 13.5. The summed E-state index contributed by atoms with van der Waals surface area (Å²) in [6.07, 6.45) is -40.6. The maximum Gasteiger partial charge on any atom is 0.378 e. The van der Waals surface area contributed by atoms with Crippen molar-refractivity contribution < 1.29 is 207 Å². The summed E-state index contributed by atoms with van der Waals surface area (Å²) in [6, 6.07) is 14.3. The summed E-state index contributed by atoms with van der Waals surface area (Å²) in [5.74, 6) is -24.4. The molecule has 0 bridgehead atoms. The van der Waals surface area contributed by atoms with Crippen molar-refractivity contribution >= 4 is 47.4 Å². The summed E-state index contributed by atoms with van der Waals surface area (Å²) in [4.78, 5) is 92.7. The van der Waals surface area contributed by atoms with E-state index in [0.717, 1.165) is 11.1 Å². The summed E-state index contributed by atoms with van der Waals surface area (Å²) >= 11 is 0. The molecule has 636 valence electrons. The van der Waals surface area contributed by atoms with Crippen LogP contribution in [-0.2, 0) is 96.8 Å². The molecule has 1 atom stereocenters. The van der Waals surface area contributed by atoms with Gasteiger partial charge in [-0.1, -0.05) is 88.0 Å². The van der Waals surface area contributed by atoms with Gasteiger partial charge in [-0.25, -0.2) is 55.1 Å². The maximum absolute atomic E-state index is 17.3. The van der Waals surface area contributed by atoms with Crippen molar-refractivity contribution in [1.29, 1.82) is 0 Å². The van der Waals surface area contributed by atoms with Crippen LogP contribution in [0.1, 0.15) is 78.8 Å². The number of ether oxygens (including phenoxy) is 13. The van der Waals surface area contributed by atoms with E-state index in [-0.39, 0.29) is 29.8 Å². The van der Waals surface area contributed by atoms with Crippen LogP contribution < -0.4 is 0 Å². The largest absolute Gasteiger partial charge is 0.462 e. The van der Waals surface area contributed by atoms with Crippen LogP contribution in [0.4, 0.5) is 97.3 Å². The van der Waals surface area contributed by atoms with Crippen molar-refractivity contribution in [2.24, 2.45) is 10.8 Å². The monoisotopic (exact) mass is 1670 g/mol. The zero-order valence-corrected chi connectivity index (χ0v) is 59.3. The molecule has 0 aliphatic carbocycles. The van der Waals surface area contributed by atoms with Crippen LogP contribution in [0.3, 0.4) is 0 Å². The average Bonchev–Trinajstić information content (AvgIpc) is 0.733. The van der Waals surface area contributed by atoms with Gasteiger partial charge in [0, 0.05) is 65.9 Å². The average molecular weight is 1670 g/mol. The van der Waals surface area contributed by atoms with Crippen LogP contribution in [-0.4, -0.2) is 216 Å². The van der Waals surface area contributed by atoms with Gasteiger partial charge in [0.1, 0.15) is 36.4 Å². The third kappa shape index (κ3) is 38.1. The van der Waals surface area contributed by atoms with E-state index in [2.05, 4.69) is 101 Å². The Bertz CT molecular complexity index is 3270. The minimum Gasteiger partial charge on any atom is -0.462 e. The second kappa shape index (κ2) is 46.3. The molecule has 0 heterocycles. The highest BCUT2D eigenvalue weighted by atomic mass is 20.0. The molecule has 0 amide bonds. The normalized spacial score (nSPS) is 13.0. The van der Waals surface area contributed by atoms with Crippen molar-refractivity contribution in [2.75, 3.05) is 92.5 Å². The van der Waals surface area contributed by atoms with Gasteiger partial charge in [0.15, 0.2) is 36.8 Å². The molecule has 0 spiro atoms. The fraction of sp³-hybridized carbons (Fsp3) is 0.522. The van der Waals surface area contributed by atoms with Crippen LogP contribution in [0, 0.1) is 10.8 Å². The number of carbonyl (C=O) groups is 8. The molecule has 0 aliphatic heterocycles. The Balaban J connectivity index is 0. The fourth-order valence-corrected chi connectivity index (χ4v) is 7.75. The summed E-state index contributed by atoms with van der Waals surface area (Å²) < 4.78 is 367. The van der Waals surface area contributed by atoms with Gasteiger partial charge in [0.2, 0.25) is 0 Å². The van der Waals surface area contributed by atoms with E-state index < -0.39 is 224 Å². The lowest BCUT2D eigenvalue weighted by atomic mass is 9.85. The summed E-state index contributed by atoms with van der Waals surface area (Å²) in [6.45, 7) is -11.6. The number of aliphatic hydroxyl groups is 2. The molecular formula is C67H76F22O23. The summed E-state index contributed by atoms with van der Waals surface area (Å²) in [7, 11) is 0. The second-order valence-corrected chi connectivity index (χ2v) is 23.8. The van der Waals surface area contributed by atoms with Gasteiger partial charge in [0.25, 0.3) is 0 Å². The van der Waals surface area contributed by atoms with E-state index in [9.17, 15) is 74.9 Å². The first-order valence-electron chi connectivity index (χ1n) is 31.0. The van der Waals surface area contributed by atoms with E-state index in [1.54, 1.807) is 24.3 Å². The molecule has 2 N–H and O–H groups in total. The second-order valence-electron chi connectivity index (χ2n) is 23.8. The number of esters is 6. The van der Waals surface area contributed by atoms with Crippen LogP contribution in [0.2, 0.25) is 0 Å². The highest BCUT2D eigenvalue weighted by Gasteiger charge is 2.75. The predicted octanol–water partition coefficient (Wildman–Crippen LogP) is 12.9. The number of Topliss-reactive ketones (excluding diaryl/α,β-unsaturated/α-hetero) is 2. The standard InChI is InChI=1S/C46H52F18O19.C21H24O4.2F2/c1-7-30(65)74-16-13-41(53,54)80-20-36(19-71-24-38(47,48)27-77-33(68)10-4,44(59,60)82-42(55,56)14-17-75-31(66)8-2)21-81-45(61,62)37(22-72-25-39(49,50)28-78-34(69)11-5,23-73-26-40(51,52)29-79-35(70)12-6)46(63,64)83-43(57,58)15-18-76-32(67)9-3;1-20(2,24)18(22)16-9-5-14(6-10-16)13-15-7-11-17(12-8-15)19(23)21(3,4)25;2*1-2/h7-12H,1-6,13-29H2;5-12,24-25H,13H2,1-4H3;;. The van der Waals surface area contributed by atoms with Crippen LogP contribution in [0.15, 0.2) is 124 Å². The number of halogens is 22. The fourth-order valence-electron chi connectivity index (χ4n) is 7.75. The Labute approximate surface area is 622 Å². The molecule has 112 heavy (non-hydrogen) atoms. The van der Waals surface area contributed by atoms with Crippen LogP contribution >= 0.6 is 0 Å². The van der Waals surface area contributed by atoms with Gasteiger partial charge in [-0.15, -0.1) is 0 Å². The Morgan fingerprint density at radius 1 is 0.339 bits per heavy atom. The Kier molecular flexibility index (Phi) is 43.5. The SMILES string of the molecule is C=CC(=O)OCCC(F)(F)OCC(COCC(F)(F)COC(=O)C=C)(COC(F)(F)C(COCC(F)(F)COC(=O)C=C)(COCC(F)(F)COC(=O)C=C)C(F)(F)OC(F)(F)CCOC(=O)C=C)C(F)(F)OC(F)(F)CCOC(=O)C=C.CC(C)(O)C(=O)c1ccc(Cc2ccc(C(=O)C(C)(C)O)cc2)cc1.FF.FF. The van der Waals surface area contributed by atoms with Crippen molar-refractivity contribution in [3.8, 4) is 0 Å². The smallest absolute Gasteiger partial charge is 0.378 e. The lowest BCUT2D eigenvalue weighted by Gasteiger charge is -2.46. The quantitative estimate of drug-likeness (QED) is 0.0204. The van der Waals surface area contributed by atoms with Crippen molar-refractivity contribution in [3.05, 3.63) is 147 Å². The molecular weight excluding hydrogens is 1590 g/mol. The molecule has 0 aromatic heterocycles. The topological polar surface area (TPSA) is 297 Å². The molecule has 0 radical (unpaired) electrons.